The zero-order valence-corrected chi connectivity index (χ0v) is 19.1. The summed E-state index contributed by atoms with van der Waals surface area (Å²) in [5, 5.41) is 18.3. The van der Waals surface area contributed by atoms with E-state index < -0.39 is 0 Å². The molecule has 0 spiro atoms. The molecule has 162 valence electrons. The largest absolute Gasteiger partial charge is 0.461 e. The molecule has 0 bridgehead atoms. The minimum atomic E-state index is -0.0658. The van der Waals surface area contributed by atoms with Crippen molar-refractivity contribution in [3.8, 4) is 17.7 Å². The van der Waals surface area contributed by atoms with E-state index in [0.717, 1.165) is 23.4 Å². The molecule has 1 aromatic carbocycles. The molecule has 3 rings (SSSR count). The van der Waals surface area contributed by atoms with Crippen molar-refractivity contribution in [2.45, 2.75) is 45.8 Å². The Morgan fingerprint density at radius 1 is 1.26 bits per heavy atom. The van der Waals surface area contributed by atoms with Crippen molar-refractivity contribution in [3.05, 3.63) is 47.7 Å². The predicted octanol–water partition coefficient (Wildman–Crippen LogP) is 4.85. The van der Waals surface area contributed by atoms with E-state index >= 15 is 0 Å². The van der Waals surface area contributed by atoms with E-state index in [9.17, 15) is 4.79 Å². The van der Waals surface area contributed by atoms with Crippen molar-refractivity contribution >= 4 is 23.4 Å². The highest BCUT2D eigenvalue weighted by Crippen LogP contribution is 2.27. The SMILES string of the molecule is Cc1cc(C)cc(N(CCC#N)C(=O)CSc2nnc(-c3ccco3)n2CC(C)C)c1. The molecule has 0 aliphatic carbocycles. The number of aryl methyl sites for hydroxylation is 2. The Morgan fingerprint density at radius 2 is 2.00 bits per heavy atom. The number of benzene rings is 1. The summed E-state index contributed by atoms with van der Waals surface area (Å²) in [4.78, 5) is 14.8. The number of thioether (sulfide) groups is 1. The third-order valence-corrected chi connectivity index (χ3v) is 5.55. The standard InChI is InChI=1S/C23H27N5O2S/c1-16(2)14-28-22(20-7-5-10-30-20)25-26-23(28)31-15-21(29)27(9-6-8-24)19-12-17(3)11-18(4)13-19/h5,7,10-13,16H,6,9,14-15H2,1-4H3. The molecule has 0 atom stereocenters. The molecule has 0 aliphatic heterocycles. The van der Waals surface area contributed by atoms with Crippen LogP contribution < -0.4 is 4.90 Å². The van der Waals surface area contributed by atoms with E-state index in [1.807, 2.05) is 42.7 Å². The third kappa shape index (κ3) is 5.76. The van der Waals surface area contributed by atoms with Crippen LogP contribution in [0.4, 0.5) is 5.69 Å². The number of hydrogen-bond donors (Lipinski definition) is 0. The molecule has 0 radical (unpaired) electrons. The first kappa shape index (κ1) is 22.6. The monoisotopic (exact) mass is 437 g/mol. The van der Waals surface area contributed by atoms with Crippen LogP contribution in [0.25, 0.3) is 11.6 Å². The number of nitriles is 1. The number of hydrogen-bond acceptors (Lipinski definition) is 6. The van der Waals surface area contributed by atoms with E-state index in [1.54, 1.807) is 11.2 Å². The van der Waals surface area contributed by atoms with Crippen molar-refractivity contribution in [1.82, 2.24) is 14.8 Å². The van der Waals surface area contributed by atoms with Crippen molar-refractivity contribution in [2.24, 2.45) is 5.92 Å². The van der Waals surface area contributed by atoms with Crippen LogP contribution in [0, 0.1) is 31.1 Å². The van der Waals surface area contributed by atoms with Gasteiger partial charge >= 0.3 is 0 Å². The molecule has 2 aromatic heterocycles. The van der Waals surface area contributed by atoms with Crippen LogP contribution in [-0.4, -0.2) is 33.0 Å². The maximum absolute atomic E-state index is 13.1. The van der Waals surface area contributed by atoms with Crippen molar-refractivity contribution in [3.63, 3.8) is 0 Å². The fourth-order valence-corrected chi connectivity index (χ4v) is 4.21. The van der Waals surface area contributed by atoms with Gasteiger partial charge in [-0.05, 0) is 55.2 Å². The molecule has 0 saturated heterocycles. The Balaban J connectivity index is 1.81. The van der Waals surface area contributed by atoms with Gasteiger partial charge in [0, 0.05) is 18.8 Å². The van der Waals surface area contributed by atoms with Gasteiger partial charge in [-0.3, -0.25) is 9.36 Å². The van der Waals surface area contributed by atoms with Gasteiger partial charge in [0.25, 0.3) is 0 Å². The third-order valence-electron chi connectivity index (χ3n) is 4.60. The Morgan fingerprint density at radius 3 is 2.61 bits per heavy atom. The average molecular weight is 438 g/mol. The molecule has 0 aliphatic rings. The topological polar surface area (TPSA) is 87.9 Å². The lowest BCUT2D eigenvalue weighted by atomic mass is 10.1. The lowest BCUT2D eigenvalue weighted by Crippen LogP contribution is -2.33. The first-order chi connectivity index (χ1) is 14.9. The summed E-state index contributed by atoms with van der Waals surface area (Å²) >= 11 is 1.35. The second-order valence-corrected chi connectivity index (χ2v) is 8.82. The number of carbonyl (C=O) groups excluding carboxylic acids is 1. The summed E-state index contributed by atoms with van der Waals surface area (Å²) in [6.07, 6.45) is 1.88. The normalized spacial score (nSPS) is 11.0. The molecular formula is C23H27N5O2S. The molecular weight excluding hydrogens is 410 g/mol. The van der Waals surface area contributed by atoms with E-state index in [-0.39, 0.29) is 18.1 Å². The van der Waals surface area contributed by atoms with Crippen molar-refractivity contribution < 1.29 is 9.21 Å². The Hall–Kier alpha value is -3.05. The fraction of sp³-hybridized carbons (Fsp3) is 0.391. The molecule has 1 amide bonds. The van der Waals surface area contributed by atoms with E-state index in [2.05, 4.69) is 36.2 Å². The van der Waals surface area contributed by atoms with Gasteiger partial charge in [-0.25, -0.2) is 0 Å². The van der Waals surface area contributed by atoms with Crippen LogP contribution in [0.5, 0.6) is 0 Å². The van der Waals surface area contributed by atoms with Crippen LogP contribution in [0.1, 0.15) is 31.4 Å². The summed E-state index contributed by atoms with van der Waals surface area (Å²) in [5.41, 5.74) is 2.98. The summed E-state index contributed by atoms with van der Waals surface area (Å²) in [5.74, 6) is 1.82. The number of amides is 1. The second-order valence-electron chi connectivity index (χ2n) is 7.88. The van der Waals surface area contributed by atoms with Crippen LogP contribution in [0.3, 0.4) is 0 Å². The number of nitrogens with zero attached hydrogens (tertiary/aromatic N) is 5. The van der Waals surface area contributed by atoms with Crippen LogP contribution >= 0.6 is 11.8 Å². The smallest absolute Gasteiger partial charge is 0.237 e. The fourth-order valence-electron chi connectivity index (χ4n) is 3.38. The summed E-state index contributed by atoms with van der Waals surface area (Å²) in [7, 11) is 0. The second kappa shape index (κ2) is 10.3. The molecule has 0 unspecified atom stereocenters. The zero-order chi connectivity index (χ0) is 22.4. The summed E-state index contributed by atoms with van der Waals surface area (Å²) in [6, 6.07) is 11.8. The minimum Gasteiger partial charge on any atom is -0.461 e. The molecule has 0 saturated carbocycles. The van der Waals surface area contributed by atoms with Gasteiger partial charge in [-0.2, -0.15) is 5.26 Å². The van der Waals surface area contributed by atoms with Crippen LogP contribution in [-0.2, 0) is 11.3 Å². The Kier molecular flexibility index (Phi) is 7.53. The van der Waals surface area contributed by atoms with E-state index in [1.165, 1.54) is 11.8 Å². The number of rotatable bonds is 9. The maximum atomic E-state index is 13.1. The van der Waals surface area contributed by atoms with Crippen molar-refractivity contribution in [2.75, 3.05) is 17.2 Å². The quantitative estimate of drug-likeness (QED) is 0.445. The first-order valence-electron chi connectivity index (χ1n) is 10.2. The Bertz CT molecular complexity index is 1050. The predicted molar refractivity (Wildman–Crippen MR) is 122 cm³/mol. The van der Waals surface area contributed by atoms with E-state index in [0.29, 0.717) is 29.2 Å². The molecule has 2 heterocycles. The molecule has 7 nitrogen and oxygen atoms in total. The average Bonchev–Trinajstić information content (AvgIpc) is 3.35. The molecule has 0 N–H and O–H groups in total. The summed E-state index contributed by atoms with van der Waals surface area (Å²) in [6.45, 7) is 9.32. The number of furan rings is 1. The van der Waals surface area contributed by atoms with Gasteiger partial charge in [0.15, 0.2) is 16.7 Å². The highest BCUT2D eigenvalue weighted by atomic mass is 32.2. The zero-order valence-electron chi connectivity index (χ0n) is 18.3. The van der Waals surface area contributed by atoms with Gasteiger partial charge in [-0.15, -0.1) is 10.2 Å². The summed E-state index contributed by atoms with van der Waals surface area (Å²) < 4.78 is 7.50. The molecule has 3 aromatic rings. The first-order valence-corrected chi connectivity index (χ1v) is 11.2. The molecule has 8 heteroatoms. The Labute approximate surface area is 187 Å². The number of aromatic nitrogens is 3. The van der Waals surface area contributed by atoms with Gasteiger partial charge in [-0.1, -0.05) is 31.7 Å². The lowest BCUT2D eigenvalue weighted by Gasteiger charge is -2.22. The van der Waals surface area contributed by atoms with Gasteiger partial charge in [0.1, 0.15) is 0 Å². The number of anilines is 1. The highest BCUT2D eigenvalue weighted by Gasteiger charge is 2.21. The maximum Gasteiger partial charge on any atom is 0.237 e. The van der Waals surface area contributed by atoms with Gasteiger partial charge in [0.05, 0.1) is 24.5 Å². The molecule has 0 fully saturated rings. The van der Waals surface area contributed by atoms with Crippen LogP contribution in [0.15, 0.2) is 46.2 Å². The molecule has 31 heavy (non-hydrogen) atoms. The number of carbonyl (C=O) groups is 1. The van der Waals surface area contributed by atoms with Crippen LogP contribution in [0.2, 0.25) is 0 Å². The van der Waals surface area contributed by atoms with Crippen molar-refractivity contribution in [1.29, 1.82) is 5.26 Å². The van der Waals surface area contributed by atoms with E-state index in [4.69, 9.17) is 9.68 Å². The minimum absolute atomic E-state index is 0.0658. The lowest BCUT2D eigenvalue weighted by molar-refractivity contribution is -0.116. The van der Waals surface area contributed by atoms with Gasteiger partial charge < -0.3 is 9.32 Å². The highest BCUT2D eigenvalue weighted by molar-refractivity contribution is 7.99. The van der Waals surface area contributed by atoms with Gasteiger partial charge in [0.2, 0.25) is 5.91 Å².